The molecule has 0 aromatic rings. The van der Waals surface area contributed by atoms with Crippen molar-refractivity contribution >= 4 is 17.5 Å². The zero-order valence-corrected chi connectivity index (χ0v) is 18.6. The van der Waals surface area contributed by atoms with E-state index >= 15 is 0 Å². The Morgan fingerprint density at radius 3 is 2.34 bits per heavy atom. The van der Waals surface area contributed by atoms with Crippen LogP contribution in [0.2, 0.25) is 0 Å². The van der Waals surface area contributed by atoms with Gasteiger partial charge in [0.05, 0.1) is 0 Å². The molecular weight excluding hydrogens is 364 g/mol. The molecule has 0 bridgehead atoms. The van der Waals surface area contributed by atoms with Crippen molar-refractivity contribution in [3.8, 4) is 0 Å². The highest BCUT2D eigenvalue weighted by Gasteiger charge is 2.64. The van der Waals surface area contributed by atoms with Gasteiger partial charge in [0.1, 0.15) is 5.78 Å². The molecule has 3 saturated carbocycles. The van der Waals surface area contributed by atoms with E-state index in [0.717, 1.165) is 30.4 Å². The average Bonchev–Trinajstić information content (AvgIpc) is 2.90. The maximum Gasteiger partial charge on any atom is 0.331 e. The number of ketones is 2. The van der Waals surface area contributed by atoms with Crippen LogP contribution in [0.25, 0.3) is 0 Å². The minimum Gasteiger partial charge on any atom is -0.478 e. The molecule has 4 nitrogen and oxygen atoms in total. The van der Waals surface area contributed by atoms with Gasteiger partial charge in [0.15, 0.2) is 5.78 Å². The summed E-state index contributed by atoms with van der Waals surface area (Å²) in [6.07, 6.45) is 9.09. The first-order valence-corrected chi connectivity index (χ1v) is 10.7. The van der Waals surface area contributed by atoms with Crippen LogP contribution in [0.3, 0.4) is 0 Å². The van der Waals surface area contributed by atoms with Crippen LogP contribution in [0.15, 0.2) is 34.9 Å². The number of aliphatic carboxylic acids is 1. The molecule has 0 radical (unpaired) electrons. The lowest BCUT2D eigenvalue weighted by Crippen LogP contribution is -2.56. The molecule has 3 fully saturated rings. The van der Waals surface area contributed by atoms with Crippen molar-refractivity contribution in [1.29, 1.82) is 0 Å². The van der Waals surface area contributed by atoms with Crippen molar-refractivity contribution in [2.24, 2.45) is 28.1 Å². The minimum atomic E-state index is -0.940. The van der Waals surface area contributed by atoms with Crippen molar-refractivity contribution in [1.82, 2.24) is 0 Å². The van der Waals surface area contributed by atoms with Crippen LogP contribution >= 0.6 is 0 Å². The summed E-state index contributed by atoms with van der Waals surface area (Å²) in [6, 6.07) is 0. The lowest BCUT2D eigenvalue weighted by Gasteiger charge is -2.60. The number of rotatable bonds is 3. The first-order chi connectivity index (χ1) is 13.4. The van der Waals surface area contributed by atoms with Crippen molar-refractivity contribution < 1.29 is 19.5 Å². The summed E-state index contributed by atoms with van der Waals surface area (Å²) in [6.45, 7) is 12.3. The number of hydrogen-bond donors (Lipinski definition) is 1. The Morgan fingerprint density at radius 1 is 1.07 bits per heavy atom. The number of carbonyl (C=O) groups excluding carboxylic acids is 2. The number of fused-ring (bicyclic) bond motifs is 3. The van der Waals surface area contributed by atoms with Gasteiger partial charge in [-0.25, -0.2) is 4.79 Å². The zero-order chi connectivity index (χ0) is 21.8. The van der Waals surface area contributed by atoms with Gasteiger partial charge < -0.3 is 5.11 Å². The van der Waals surface area contributed by atoms with E-state index in [1.54, 1.807) is 19.1 Å². The topological polar surface area (TPSA) is 71.4 Å². The van der Waals surface area contributed by atoms with E-state index in [0.29, 0.717) is 24.5 Å². The molecule has 0 aromatic heterocycles. The van der Waals surface area contributed by atoms with Gasteiger partial charge in [-0.15, -0.1) is 0 Å². The summed E-state index contributed by atoms with van der Waals surface area (Å²) in [4.78, 5) is 36.8. The molecule has 0 amide bonds. The lowest BCUT2D eigenvalue weighted by molar-refractivity contribution is -0.154. The Morgan fingerprint density at radius 2 is 1.72 bits per heavy atom. The van der Waals surface area contributed by atoms with Gasteiger partial charge in [-0.3, -0.25) is 9.59 Å². The van der Waals surface area contributed by atoms with Crippen molar-refractivity contribution in [3.63, 3.8) is 0 Å². The Hall–Kier alpha value is -1.97. The van der Waals surface area contributed by atoms with Gasteiger partial charge in [-0.05, 0) is 55.9 Å². The zero-order valence-electron chi connectivity index (χ0n) is 18.6. The largest absolute Gasteiger partial charge is 0.478 e. The minimum absolute atomic E-state index is 0.00832. The molecule has 1 N–H and O–H groups in total. The van der Waals surface area contributed by atoms with Crippen LogP contribution in [0.5, 0.6) is 0 Å². The van der Waals surface area contributed by atoms with E-state index in [9.17, 15) is 14.4 Å². The molecule has 0 heterocycles. The summed E-state index contributed by atoms with van der Waals surface area (Å²) >= 11 is 0. The van der Waals surface area contributed by atoms with Crippen LogP contribution in [-0.2, 0) is 14.4 Å². The third-order valence-corrected chi connectivity index (χ3v) is 8.46. The van der Waals surface area contributed by atoms with Crippen molar-refractivity contribution in [2.75, 3.05) is 0 Å². The molecule has 4 unspecified atom stereocenters. The Labute approximate surface area is 174 Å². The first kappa shape index (κ1) is 21.7. The van der Waals surface area contributed by atoms with E-state index in [2.05, 4.69) is 27.7 Å². The van der Waals surface area contributed by atoms with Gasteiger partial charge in [-0.2, -0.15) is 0 Å². The van der Waals surface area contributed by atoms with Crippen LogP contribution in [-0.4, -0.2) is 22.6 Å². The highest BCUT2D eigenvalue weighted by molar-refractivity contribution is 6.01. The fourth-order valence-corrected chi connectivity index (χ4v) is 6.88. The van der Waals surface area contributed by atoms with Gasteiger partial charge >= 0.3 is 5.97 Å². The quantitative estimate of drug-likeness (QED) is 0.518. The second-order valence-corrected chi connectivity index (χ2v) is 10.4. The molecule has 0 saturated heterocycles. The van der Waals surface area contributed by atoms with Crippen LogP contribution < -0.4 is 0 Å². The van der Waals surface area contributed by atoms with E-state index in [1.807, 2.05) is 13.0 Å². The predicted molar refractivity (Wildman–Crippen MR) is 113 cm³/mol. The maximum atomic E-state index is 13.2. The summed E-state index contributed by atoms with van der Waals surface area (Å²) in [5.74, 6) is 0.213. The molecule has 3 aliphatic rings. The molecule has 4 heteroatoms. The molecule has 0 aromatic carbocycles. The van der Waals surface area contributed by atoms with E-state index < -0.39 is 5.97 Å². The highest BCUT2D eigenvalue weighted by Crippen LogP contribution is 2.68. The maximum absolute atomic E-state index is 13.2. The number of carboxylic acid groups (broad SMARTS) is 1. The van der Waals surface area contributed by atoms with E-state index in [4.69, 9.17) is 5.11 Å². The summed E-state index contributed by atoms with van der Waals surface area (Å²) in [5, 5.41) is 9.00. The Kier molecular flexibility index (Phi) is 5.30. The number of carbonyl (C=O) groups is 3. The number of hydrogen-bond acceptors (Lipinski definition) is 3. The number of carboxylic acids is 1. The monoisotopic (exact) mass is 398 g/mol. The van der Waals surface area contributed by atoms with Gasteiger partial charge in [0.2, 0.25) is 0 Å². The van der Waals surface area contributed by atoms with E-state index in [-0.39, 0.29) is 33.5 Å². The molecule has 29 heavy (non-hydrogen) atoms. The van der Waals surface area contributed by atoms with Gasteiger partial charge in [0, 0.05) is 34.8 Å². The number of Topliss-reactive ketones (excluding diaryl/α,β-unsaturated/α-hetero) is 2. The van der Waals surface area contributed by atoms with Crippen molar-refractivity contribution in [2.45, 2.75) is 73.6 Å². The van der Waals surface area contributed by atoms with Crippen LogP contribution in [0.4, 0.5) is 0 Å². The molecule has 3 aliphatic carbocycles. The van der Waals surface area contributed by atoms with Crippen molar-refractivity contribution in [3.05, 3.63) is 34.9 Å². The predicted octanol–water partition coefficient (Wildman–Crippen LogP) is 5.29. The van der Waals surface area contributed by atoms with Gasteiger partial charge in [0.25, 0.3) is 0 Å². The lowest BCUT2D eigenvalue weighted by atomic mass is 9.43. The molecular formula is C25H34O4. The summed E-state index contributed by atoms with van der Waals surface area (Å²) in [7, 11) is 0. The molecule has 3 rings (SSSR count). The normalized spacial score (nSPS) is 38.8. The van der Waals surface area contributed by atoms with Crippen LogP contribution in [0, 0.1) is 28.1 Å². The molecule has 4 atom stereocenters. The van der Waals surface area contributed by atoms with Crippen LogP contribution in [0.1, 0.15) is 73.6 Å². The number of allylic oxidation sites excluding steroid dienone is 5. The fourth-order valence-electron chi connectivity index (χ4n) is 6.88. The first-order valence-electron chi connectivity index (χ1n) is 10.7. The Balaban J connectivity index is 1.99. The summed E-state index contributed by atoms with van der Waals surface area (Å²) in [5.41, 5.74) is 1.60. The third kappa shape index (κ3) is 3.25. The molecule has 0 aliphatic heterocycles. The van der Waals surface area contributed by atoms with Gasteiger partial charge in [-0.1, -0.05) is 45.9 Å². The standard InChI is InChI=1S/C25H34O4/c1-15(8-7-9-16(2)22(28)29)21-17(26)14-19-24(5)13-11-20(27)23(3,4)18(24)10-12-25(19,21)6/h7-9,18-19H,10-14H2,1-6H3,(H,28,29). The average molecular weight is 399 g/mol. The fraction of sp³-hybridized carbons (Fsp3) is 0.640. The Bertz CT molecular complexity index is 856. The summed E-state index contributed by atoms with van der Waals surface area (Å²) < 4.78 is 0. The van der Waals surface area contributed by atoms with E-state index in [1.165, 1.54) is 0 Å². The second kappa shape index (κ2) is 7.07. The second-order valence-electron chi connectivity index (χ2n) is 10.4. The SMILES string of the molecule is CC(=CC=CC(C)=C1C(=O)CC2C1(C)CCC1C(C)(C)C(=O)CCC12C)C(=O)O. The third-order valence-electron chi connectivity index (χ3n) is 8.46. The smallest absolute Gasteiger partial charge is 0.331 e. The molecule has 158 valence electrons. The highest BCUT2D eigenvalue weighted by atomic mass is 16.4. The molecule has 0 spiro atoms.